The van der Waals surface area contributed by atoms with Crippen LogP contribution in [0.2, 0.25) is 0 Å². The molecule has 2 aliphatic carbocycles. The van der Waals surface area contributed by atoms with Crippen LogP contribution in [-0.4, -0.2) is 22.2 Å². The average molecular weight is 289 g/mol. The molecule has 0 saturated heterocycles. The first-order valence-electron chi connectivity index (χ1n) is 8.63. The standard InChI is InChI=1S/C17H27N3O/c21-17(12-14-6-2-1-3-7-14)18-10-11-20-16-9-5-4-8-15(16)13-19-20/h13-14H,1-12H2,(H,18,21). The van der Waals surface area contributed by atoms with Gasteiger partial charge in [0.2, 0.25) is 5.91 Å². The summed E-state index contributed by atoms with van der Waals surface area (Å²) in [6, 6.07) is 0. The maximum atomic E-state index is 12.0. The van der Waals surface area contributed by atoms with Gasteiger partial charge < -0.3 is 5.32 Å². The summed E-state index contributed by atoms with van der Waals surface area (Å²) in [7, 11) is 0. The summed E-state index contributed by atoms with van der Waals surface area (Å²) < 4.78 is 2.09. The minimum Gasteiger partial charge on any atom is -0.354 e. The van der Waals surface area contributed by atoms with Crippen LogP contribution in [0.5, 0.6) is 0 Å². The molecule has 1 fully saturated rings. The van der Waals surface area contributed by atoms with Gasteiger partial charge in [0.25, 0.3) is 0 Å². The highest BCUT2D eigenvalue weighted by molar-refractivity contribution is 5.76. The highest BCUT2D eigenvalue weighted by Crippen LogP contribution is 2.26. The van der Waals surface area contributed by atoms with Gasteiger partial charge in [0.05, 0.1) is 12.7 Å². The summed E-state index contributed by atoms with van der Waals surface area (Å²) >= 11 is 0. The molecule has 1 N–H and O–H groups in total. The first kappa shape index (κ1) is 14.6. The van der Waals surface area contributed by atoms with E-state index in [0.29, 0.717) is 12.5 Å². The van der Waals surface area contributed by atoms with Gasteiger partial charge in [-0.15, -0.1) is 0 Å². The summed E-state index contributed by atoms with van der Waals surface area (Å²) in [4.78, 5) is 12.0. The molecule has 4 nitrogen and oxygen atoms in total. The Bertz CT molecular complexity index is 474. The van der Waals surface area contributed by atoms with E-state index in [1.807, 2.05) is 6.20 Å². The molecule has 0 radical (unpaired) electrons. The number of hydrogen-bond acceptors (Lipinski definition) is 2. The number of amides is 1. The van der Waals surface area contributed by atoms with Crippen LogP contribution in [0.1, 0.15) is 62.6 Å². The van der Waals surface area contributed by atoms with Gasteiger partial charge in [0.15, 0.2) is 0 Å². The normalized spacial score (nSPS) is 19.2. The van der Waals surface area contributed by atoms with E-state index in [0.717, 1.165) is 19.4 Å². The molecule has 0 bridgehead atoms. The Morgan fingerprint density at radius 1 is 1.19 bits per heavy atom. The molecule has 21 heavy (non-hydrogen) atoms. The number of hydrogen-bond donors (Lipinski definition) is 1. The molecule has 1 heterocycles. The third-order valence-corrected chi connectivity index (χ3v) is 4.99. The summed E-state index contributed by atoms with van der Waals surface area (Å²) in [5, 5.41) is 7.55. The van der Waals surface area contributed by atoms with Crippen LogP contribution in [0, 0.1) is 5.92 Å². The van der Waals surface area contributed by atoms with Crippen molar-refractivity contribution in [1.82, 2.24) is 15.1 Å². The van der Waals surface area contributed by atoms with Crippen LogP contribution < -0.4 is 5.32 Å². The number of carbonyl (C=O) groups is 1. The van der Waals surface area contributed by atoms with Crippen molar-refractivity contribution in [3.8, 4) is 0 Å². The van der Waals surface area contributed by atoms with Gasteiger partial charge in [-0.3, -0.25) is 9.48 Å². The van der Waals surface area contributed by atoms with Crippen molar-refractivity contribution in [2.24, 2.45) is 5.92 Å². The van der Waals surface area contributed by atoms with Crippen molar-refractivity contribution in [2.45, 2.75) is 70.8 Å². The molecular formula is C17H27N3O. The van der Waals surface area contributed by atoms with Gasteiger partial charge in [-0.2, -0.15) is 5.10 Å². The number of nitrogens with zero attached hydrogens (tertiary/aromatic N) is 2. The predicted molar refractivity (Wildman–Crippen MR) is 83.1 cm³/mol. The first-order valence-corrected chi connectivity index (χ1v) is 8.63. The molecule has 0 atom stereocenters. The van der Waals surface area contributed by atoms with Crippen molar-refractivity contribution in [3.05, 3.63) is 17.5 Å². The third kappa shape index (κ3) is 3.86. The minimum absolute atomic E-state index is 0.225. The molecule has 1 aromatic heterocycles. The molecule has 1 amide bonds. The average Bonchev–Trinajstić information content (AvgIpc) is 2.92. The predicted octanol–water partition coefficient (Wildman–Crippen LogP) is 2.85. The second-order valence-corrected chi connectivity index (χ2v) is 6.60. The fraction of sp³-hybridized carbons (Fsp3) is 0.765. The second-order valence-electron chi connectivity index (χ2n) is 6.60. The van der Waals surface area contributed by atoms with Gasteiger partial charge in [-0.05, 0) is 50.0 Å². The summed E-state index contributed by atoms with van der Waals surface area (Å²) in [5.41, 5.74) is 2.80. The molecule has 2 aliphatic rings. The molecular weight excluding hydrogens is 262 g/mol. The Morgan fingerprint density at radius 2 is 2.00 bits per heavy atom. The third-order valence-electron chi connectivity index (χ3n) is 4.99. The topological polar surface area (TPSA) is 46.9 Å². The molecule has 1 saturated carbocycles. The zero-order valence-electron chi connectivity index (χ0n) is 12.9. The Hall–Kier alpha value is -1.32. The van der Waals surface area contributed by atoms with Crippen LogP contribution in [0.25, 0.3) is 0 Å². The van der Waals surface area contributed by atoms with Crippen LogP contribution in [-0.2, 0) is 24.2 Å². The maximum Gasteiger partial charge on any atom is 0.220 e. The molecule has 0 unspecified atom stereocenters. The molecule has 0 aromatic carbocycles. The molecule has 4 heteroatoms. The van der Waals surface area contributed by atoms with E-state index in [4.69, 9.17) is 0 Å². The summed E-state index contributed by atoms with van der Waals surface area (Å²) in [6.07, 6.45) is 14.0. The Morgan fingerprint density at radius 3 is 2.86 bits per heavy atom. The molecule has 116 valence electrons. The highest BCUT2D eigenvalue weighted by atomic mass is 16.1. The van der Waals surface area contributed by atoms with E-state index >= 15 is 0 Å². The molecule has 1 aromatic rings. The number of fused-ring (bicyclic) bond motifs is 1. The highest BCUT2D eigenvalue weighted by Gasteiger charge is 2.17. The fourth-order valence-corrected chi connectivity index (χ4v) is 3.78. The lowest BCUT2D eigenvalue weighted by atomic mass is 9.87. The van der Waals surface area contributed by atoms with Crippen LogP contribution in [0.4, 0.5) is 0 Å². The largest absolute Gasteiger partial charge is 0.354 e. The lowest BCUT2D eigenvalue weighted by molar-refractivity contribution is -0.122. The number of carbonyl (C=O) groups excluding carboxylic acids is 1. The number of aromatic nitrogens is 2. The van der Waals surface area contributed by atoms with Crippen molar-refractivity contribution in [2.75, 3.05) is 6.54 Å². The first-order chi connectivity index (χ1) is 10.3. The van der Waals surface area contributed by atoms with Crippen molar-refractivity contribution < 1.29 is 4.79 Å². The van der Waals surface area contributed by atoms with Gasteiger partial charge in [0, 0.05) is 18.7 Å². The summed E-state index contributed by atoms with van der Waals surface area (Å²) in [5.74, 6) is 0.846. The van der Waals surface area contributed by atoms with Gasteiger partial charge in [-0.1, -0.05) is 19.3 Å². The van der Waals surface area contributed by atoms with E-state index in [9.17, 15) is 4.79 Å². The lowest BCUT2D eigenvalue weighted by Gasteiger charge is -2.21. The second kappa shape index (κ2) is 7.10. The molecule has 3 rings (SSSR count). The van der Waals surface area contributed by atoms with Gasteiger partial charge >= 0.3 is 0 Å². The van der Waals surface area contributed by atoms with Crippen LogP contribution >= 0.6 is 0 Å². The number of aryl methyl sites for hydroxylation is 1. The monoisotopic (exact) mass is 289 g/mol. The van der Waals surface area contributed by atoms with E-state index in [2.05, 4.69) is 15.1 Å². The van der Waals surface area contributed by atoms with Crippen LogP contribution in [0.15, 0.2) is 6.20 Å². The quantitative estimate of drug-likeness (QED) is 0.906. The van der Waals surface area contributed by atoms with Crippen molar-refractivity contribution in [1.29, 1.82) is 0 Å². The Labute approximate surface area is 127 Å². The van der Waals surface area contributed by atoms with Gasteiger partial charge in [0.1, 0.15) is 0 Å². The zero-order chi connectivity index (χ0) is 14.5. The molecule has 0 spiro atoms. The SMILES string of the molecule is O=C(CC1CCCCC1)NCCn1ncc2c1CCCC2. The summed E-state index contributed by atoms with van der Waals surface area (Å²) in [6.45, 7) is 1.52. The van der Waals surface area contributed by atoms with Crippen molar-refractivity contribution in [3.63, 3.8) is 0 Å². The van der Waals surface area contributed by atoms with Crippen molar-refractivity contribution >= 4 is 5.91 Å². The number of nitrogens with one attached hydrogen (secondary N) is 1. The molecule has 0 aliphatic heterocycles. The Balaban J connectivity index is 1.41. The van der Waals surface area contributed by atoms with E-state index in [1.165, 1.54) is 62.6 Å². The zero-order valence-corrected chi connectivity index (χ0v) is 12.9. The lowest BCUT2D eigenvalue weighted by Crippen LogP contribution is -2.30. The van der Waals surface area contributed by atoms with E-state index in [1.54, 1.807) is 0 Å². The Kier molecular flexibility index (Phi) is 4.94. The van der Waals surface area contributed by atoms with E-state index < -0.39 is 0 Å². The smallest absolute Gasteiger partial charge is 0.220 e. The maximum absolute atomic E-state index is 12.0. The number of rotatable bonds is 5. The van der Waals surface area contributed by atoms with Gasteiger partial charge in [-0.25, -0.2) is 0 Å². The fourth-order valence-electron chi connectivity index (χ4n) is 3.78. The van der Waals surface area contributed by atoms with Crippen LogP contribution in [0.3, 0.4) is 0 Å². The minimum atomic E-state index is 0.225. The van der Waals surface area contributed by atoms with E-state index in [-0.39, 0.29) is 5.91 Å².